The second-order valence-electron chi connectivity index (χ2n) is 17.1. The standard InChI is InChI=1S/C60H39N3/c1-3-13-38(14-4-1)39-27-31-43(32-28-39)58-61-57(42-15-5-2-6-16-42)62-59(63-58)48-22-10-21-46(36-48)44-19-9-20-45(35-44)47-33-34-50-49-23-7-8-24-51(49)60(54(50)37-47)52-25-11-17-40-29-30-41-18-12-26-53(60)56(41)55(40)52/h1-34,36-37,45H,35H2. The Balaban J connectivity index is 0.867. The molecule has 3 nitrogen and oxygen atoms in total. The zero-order valence-corrected chi connectivity index (χ0v) is 34.4. The lowest BCUT2D eigenvalue weighted by atomic mass is 9.69. The second-order valence-corrected chi connectivity index (χ2v) is 17.1. The number of benzene rings is 9. The fraction of sp³-hybridized carbons (Fsp3) is 0.0500. The van der Waals surface area contributed by atoms with Gasteiger partial charge in [0, 0.05) is 22.6 Å². The average Bonchev–Trinajstić information content (AvgIpc) is 3.84. The lowest BCUT2D eigenvalue weighted by Gasteiger charge is -2.31. The highest BCUT2D eigenvalue weighted by atomic mass is 15.0. The third-order valence-electron chi connectivity index (χ3n) is 13.7. The molecule has 0 bridgehead atoms. The van der Waals surface area contributed by atoms with Gasteiger partial charge < -0.3 is 0 Å². The van der Waals surface area contributed by atoms with Gasteiger partial charge in [0.15, 0.2) is 17.5 Å². The van der Waals surface area contributed by atoms with E-state index in [1.54, 1.807) is 0 Å². The van der Waals surface area contributed by atoms with E-state index in [9.17, 15) is 0 Å². The van der Waals surface area contributed by atoms with E-state index >= 15 is 0 Å². The van der Waals surface area contributed by atoms with Crippen LogP contribution in [-0.2, 0) is 5.41 Å². The van der Waals surface area contributed by atoms with E-state index < -0.39 is 0 Å². The second kappa shape index (κ2) is 14.0. The van der Waals surface area contributed by atoms with Crippen LogP contribution in [0.3, 0.4) is 0 Å². The van der Waals surface area contributed by atoms with E-state index in [1.807, 2.05) is 24.3 Å². The van der Waals surface area contributed by atoms with Gasteiger partial charge in [0.25, 0.3) is 0 Å². The number of allylic oxidation sites excluding steroid dienone is 4. The van der Waals surface area contributed by atoms with Crippen LogP contribution in [0.15, 0.2) is 218 Å². The molecule has 1 atom stereocenters. The molecule has 0 fully saturated rings. The van der Waals surface area contributed by atoms with E-state index in [0.717, 1.165) is 28.7 Å². The number of rotatable bonds is 6. The predicted octanol–water partition coefficient (Wildman–Crippen LogP) is 14.6. The molecule has 13 rings (SSSR count). The van der Waals surface area contributed by atoms with Gasteiger partial charge in [-0.05, 0) is 95.2 Å². The summed E-state index contributed by atoms with van der Waals surface area (Å²) in [4.78, 5) is 15.2. The lowest BCUT2D eigenvalue weighted by molar-refractivity contribution is 0.788. The van der Waals surface area contributed by atoms with Crippen molar-refractivity contribution >= 4 is 27.1 Å². The third-order valence-corrected chi connectivity index (χ3v) is 13.7. The Hall–Kier alpha value is -8.01. The molecule has 3 aliphatic rings. The van der Waals surface area contributed by atoms with Gasteiger partial charge in [0.05, 0.1) is 5.41 Å². The first-order valence-electron chi connectivity index (χ1n) is 21.9. The van der Waals surface area contributed by atoms with Crippen LogP contribution in [0.2, 0.25) is 0 Å². The molecule has 0 N–H and O–H groups in total. The molecular weight excluding hydrogens is 763 g/mol. The van der Waals surface area contributed by atoms with Crippen molar-refractivity contribution in [1.29, 1.82) is 0 Å². The fourth-order valence-corrected chi connectivity index (χ4v) is 10.8. The molecule has 0 amide bonds. The van der Waals surface area contributed by atoms with Gasteiger partial charge >= 0.3 is 0 Å². The van der Waals surface area contributed by atoms with Crippen LogP contribution in [0.1, 0.15) is 45.7 Å². The molecule has 0 saturated carbocycles. The summed E-state index contributed by atoms with van der Waals surface area (Å²) in [7, 11) is 0. The van der Waals surface area contributed by atoms with Gasteiger partial charge in [-0.3, -0.25) is 0 Å². The molecule has 63 heavy (non-hydrogen) atoms. The largest absolute Gasteiger partial charge is 0.208 e. The monoisotopic (exact) mass is 801 g/mol. The quantitative estimate of drug-likeness (QED) is 0.157. The summed E-state index contributed by atoms with van der Waals surface area (Å²) in [5, 5.41) is 5.40. The molecule has 1 aromatic heterocycles. The molecular formula is C60H39N3. The number of hydrogen-bond donors (Lipinski definition) is 0. The van der Waals surface area contributed by atoms with Crippen LogP contribution in [-0.4, -0.2) is 15.0 Å². The summed E-state index contributed by atoms with van der Waals surface area (Å²) in [5.74, 6) is 2.17. The zero-order valence-electron chi connectivity index (χ0n) is 34.4. The molecule has 1 spiro atoms. The molecule has 0 radical (unpaired) electrons. The minimum absolute atomic E-state index is 0.211. The Bertz CT molecular complexity index is 3470. The Morgan fingerprint density at radius 1 is 0.381 bits per heavy atom. The molecule has 0 saturated heterocycles. The summed E-state index contributed by atoms with van der Waals surface area (Å²) < 4.78 is 0. The molecule has 1 unspecified atom stereocenters. The van der Waals surface area contributed by atoms with Crippen molar-refractivity contribution in [2.24, 2.45) is 0 Å². The minimum atomic E-state index is -0.373. The fourth-order valence-electron chi connectivity index (χ4n) is 10.8. The maximum Gasteiger partial charge on any atom is 0.164 e. The lowest BCUT2D eigenvalue weighted by Crippen LogP contribution is -2.26. The molecule has 9 aromatic carbocycles. The smallest absolute Gasteiger partial charge is 0.164 e. The van der Waals surface area contributed by atoms with Gasteiger partial charge in [-0.2, -0.15) is 0 Å². The van der Waals surface area contributed by atoms with Crippen molar-refractivity contribution in [1.82, 2.24) is 15.0 Å². The van der Waals surface area contributed by atoms with Crippen LogP contribution < -0.4 is 0 Å². The first-order valence-corrected chi connectivity index (χ1v) is 21.9. The Morgan fingerprint density at radius 3 is 1.62 bits per heavy atom. The summed E-state index contributed by atoms with van der Waals surface area (Å²) in [6.45, 7) is 0. The highest BCUT2D eigenvalue weighted by Gasteiger charge is 2.50. The summed E-state index contributed by atoms with van der Waals surface area (Å²) in [6, 6.07) is 72.7. The van der Waals surface area contributed by atoms with Gasteiger partial charge in [-0.15, -0.1) is 0 Å². The molecule has 294 valence electrons. The number of nitrogens with zero attached hydrogens (tertiary/aromatic N) is 3. The summed E-state index contributed by atoms with van der Waals surface area (Å²) >= 11 is 0. The predicted molar refractivity (Wildman–Crippen MR) is 258 cm³/mol. The third kappa shape index (κ3) is 5.49. The maximum absolute atomic E-state index is 5.12. The van der Waals surface area contributed by atoms with E-state index in [-0.39, 0.29) is 11.3 Å². The van der Waals surface area contributed by atoms with E-state index in [4.69, 9.17) is 15.0 Å². The van der Waals surface area contributed by atoms with Crippen LogP contribution in [0.4, 0.5) is 0 Å². The van der Waals surface area contributed by atoms with Crippen molar-refractivity contribution in [3.8, 4) is 56.4 Å². The highest BCUT2D eigenvalue weighted by Crippen LogP contribution is 2.62. The SMILES string of the molecule is C1=CC(c2ccc3c(c2)C2(c4ccccc4-3)c3cccc4ccc5cccc2c5c34)CC(c2cccc(-c3nc(-c4ccccc4)nc(-c4ccc(-c5ccccc5)cc4)n3)c2)=C1. The van der Waals surface area contributed by atoms with Crippen molar-refractivity contribution < 1.29 is 0 Å². The molecule has 3 heteroatoms. The maximum atomic E-state index is 5.12. The highest BCUT2D eigenvalue weighted by molar-refractivity contribution is 6.17. The Labute approximate surface area is 366 Å². The molecule has 1 heterocycles. The van der Waals surface area contributed by atoms with Crippen LogP contribution in [0.25, 0.3) is 83.5 Å². The number of fused-ring (bicyclic) bond motifs is 7. The summed E-state index contributed by atoms with van der Waals surface area (Å²) in [6.07, 6.45) is 7.78. The number of hydrogen-bond acceptors (Lipinski definition) is 3. The van der Waals surface area contributed by atoms with Gasteiger partial charge in [-0.25, -0.2) is 15.0 Å². The van der Waals surface area contributed by atoms with Crippen molar-refractivity contribution in [2.75, 3.05) is 0 Å². The minimum Gasteiger partial charge on any atom is -0.208 e. The van der Waals surface area contributed by atoms with Crippen LogP contribution >= 0.6 is 0 Å². The van der Waals surface area contributed by atoms with E-state index in [1.165, 1.54) is 77.2 Å². The van der Waals surface area contributed by atoms with Gasteiger partial charge in [0.1, 0.15) is 0 Å². The molecule has 10 aromatic rings. The Morgan fingerprint density at radius 2 is 0.905 bits per heavy atom. The average molecular weight is 802 g/mol. The topological polar surface area (TPSA) is 38.7 Å². The van der Waals surface area contributed by atoms with Crippen molar-refractivity contribution in [2.45, 2.75) is 17.8 Å². The van der Waals surface area contributed by atoms with Gasteiger partial charge in [-0.1, -0.05) is 212 Å². The van der Waals surface area contributed by atoms with Crippen molar-refractivity contribution in [3.63, 3.8) is 0 Å². The van der Waals surface area contributed by atoms with Crippen LogP contribution in [0, 0.1) is 0 Å². The molecule has 0 aliphatic heterocycles. The van der Waals surface area contributed by atoms with E-state index in [2.05, 4.69) is 194 Å². The summed E-state index contributed by atoms with van der Waals surface area (Å²) in [5.41, 5.74) is 16.8. The first kappa shape index (κ1) is 35.7. The normalized spacial score (nSPS) is 15.2. The van der Waals surface area contributed by atoms with Gasteiger partial charge in [0.2, 0.25) is 0 Å². The first-order chi connectivity index (χ1) is 31.2. The number of aromatic nitrogens is 3. The Kier molecular flexibility index (Phi) is 7.95. The van der Waals surface area contributed by atoms with Crippen LogP contribution in [0.5, 0.6) is 0 Å². The van der Waals surface area contributed by atoms with E-state index in [0.29, 0.717) is 17.5 Å². The zero-order chi connectivity index (χ0) is 41.5. The molecule has 3 aliphatic carbocycles. The van der Waals surface area contributed by atoms with Crippen molar-refractivity contribution in [3.05, 3.63) is 252 Å².